The summed E-state index contributed by atoms with van der Waals surface area (Å²) in [6, 6.07) is 0.142. The van der Waals surface area contributed by atoms with E-state index in [9.17, 15) is 32.6 Å². The van der Waals surface area contributed by atoms with Gasteiger partial charge >= 0.3 is 10.2 Å². The zero-order valence-corrected chi connectivity index (χ0v) is 16.3. The SMILES string of the molecule is CS(=O)(=O)Nc1ccc(S(F)(F)(F)(F)F)cc1C(=O)NC1CC2CCC(C1)O2. The molecule has 0 aromatic heterocycles. The Labute approximate surface area is 158 Å². The van der Waals surface area contributed by atoms with Crippen molar-refractivity contribution in [2.24, 2.45) is 0 Å². The lowest BCUT2D eigenvalue weighted by Gasteiger charge is -2.40. The van der Waals surface area contributed by atoms with Crippen LogP contribution in [0.5, 0.6) is 0 Å². The van der Waals surface area contributed by atoms with Crippen molar-refractivity contribution in [1.29, 1.82) is 0 Å². The quantitative estimate of drug-likeness (QED) is 0.660. The van der Waals surface area contributed by atoms with Crippen molar-refractivity contribution in [2.75, 3.05) is 11.0 Å². The van der Waals surface area contributed by atoms with Gasteiger partial charge in [-0.1, -0.05) is 19.4 Å². The third-order valence-corrected chi connectivity index (χ3v) is 6.34. The normalized spacial score (nSPS) is 27.6. The lowest BCUT2D eigenvalue weighted by Crippen LogP contribution is -2.42. The van der Waals surface area contributed by atoms with Gasteiger partial charge in [0.2, 0.25) is 10.0 Å². The second-order valence-electron chi connectivity index (χ2n) is 7.15. The summed E-state index contributed by atoms with van der Waals surface area (Å²) in [5.74, 6) is -1.07. The first-order valence-corrected chi connectivity index (χ1v) is 12.2. The second-order valence-corrected chi connectivity index (χ2v) is 11.3. The number of ether oxygens (including phenoxy) is 1. The number of carbonyl (C=O) groups excluding carboxylic acids is 1. The molecule has 3 rings (SSSR count). The number of nitrogens with one attached hydrogen (secondary N) is 2. The average molecular weight is 450 g/mol. The average Bonchev–Trinajstić information content (AvgIpc) is 2.82. The van der Waals surface area contributed by atoms with Crippen LogP contribution < -0.4 is 10.0 Å². The highest BCUT2D eigenvalue weighted by molar-refractivity contribution is 8.45. The van der Waals surface area contributed by atoms with Crippen LogP contribution in [-0.2, 0) is 14.8 Å². The van der Waals surface area contributed by atoms with Gasteiger partial charge in [0, 0.05) is 6.04 Å². The van der Waals surface area contributed by atoms with E-state index in [-0.39, 0.29) is 24.3 Å². The molecule has 2 aliphatic rings. The van der Waals surface area contributed by atoms with E-state index in [1.54, 1.807) is 0 Å². The van der Waals surface area contributed by atoms with Crippen LogP contribution in [0.3, 0.4) is 0 Å². The molecule has 6 nitrogen and oxygen atoms in total. The molecule has 0 spiro atoms. The van der Waals surface area contributed by atoms with Gasteiger partial charge in [0.15, 0.2) is 0 Å². The van der Waals surface area contributed by atoms with Crippen LogP contribution in [-0.4, -0.2) is 38.8 Å². The van der Waals surface area contributed by atoms with E-state index in [1.165, 1.54) is 0 Å². The zero-order chi connectivity index (χ0) is 21.0. The summed E-state index contributed by atoms with van der Waals surface area (Å²) >= 11 is 0. The van der Waals surface area contributed by atoms with E-state index in [2.05, 4.69) is 5.32 Å². The molecular formula is C15H19F5N2O4S2. The summed E-state index contributed by atoms with van der Waals surface area (Å²) in [5, 5.41) is 2.51. The maximum atomic E-state index is 13.1. The number of sulfonamides is 1. The molecule has 28 heavy (non-hydrogen) atoms. The Kier molecular flexibility index (Phi) is 4.49. The Morgan fingerprint density at radius 1 is 1.11 bits per heavy atom. The van der Waals surface area contributed by atoms with Crippen molar-refractivity contribution in [1.82, 2.24) is 5.32 Å². The highest BCUT2D eigenvalue weighted by atomic mass is 32.5. The minimum atomic E-state index is -10.1. The molecular weight excluding hydrogens is 431 g/mol. The summed E-state index contributed by atoms with van der Waals surface area (Å²) in [7, 11) is -14.0. The van der Waals surface area contributed by atoms with Gasteiger partial charge in [0.25, 0.3) is 5.91 Å². The third kappa shape index (κ3) is 5.06. The number of halogens is 5. The second kappa shape index (κ2) is 5.95. The number of amides is 1. The largest absolute Gasteiger partial charge is 0.375 e. The van der Waals surface area contributed by atoms with Crippen LogP contribution in [0.1, 0.15) is 36.0 Å². The maximum Gasteiger partial charge on any atom is 0.310 e. The van der Waals surface area contributed by atoms with Crippen LogP contribution in [0.2, 0.25) is 0 Å². The van der Waals surface area contributed by atoms with Gasteiger partial charge in [-0.25, -0.2) is 8.42 Å². The van der Waals surface area contributed by atoms with Crippen molar-refractivity contribution in [3.63, 3.8) is 0 Å². The molecule has 2 heterocycles. The van der Waals surface area contributed by atoms with Crippen LogP contribution in [0, 0.1) is 0 Å². The molecule has 160 valence electrons. The molecule has 2 saturated heterocycles. The van der Waals surface area contributed by atoms with E-state index in [0.29, 0.717) is 18.9 Å². The number of anilines is 1. The molecule has 2 aliphatic heterocycles. The fraction of sp³-hybridized carbons (Fsp3) is 0.533. The molecule has 1 aromatic carbocycles. The lowest BCUT2D eigenvalue weighted by molar-refractivity contribution is -0.00774. The smallest absolute Gasteiger partial charge is 0.310 e. The van der Waals surface area contributed by atoms with Crippen molar-refractivity contribution < 1.29 is 37.4 Å². The highest BCUT2D eigenvalue weighted by Crippen LogP contribution is 3.02. The first-order chi connectivity index (χ1) is 12.5. The van der Waals surface area contributed by atoms with E-state index in [4.69, 9.17) is 4.74 Å². The third-order valence-electron chi connectivity index (χ3n) is 4.60. The molecule has 2 fully saturated rings. The molecule has 0 saturated carbocycles. The van der Waals surface area contributed by atoms with Gasteiger partial charge in [0.05, 0.1) is 29.7 Å². The molecule has 1 amide bonds. The Bertz CT molecular complexity index is 909. The molecule has 2 N–H and O–H groups in total. The van der Waals surface area contributed by atoms with Crippen LogP contribution >= 0.6 is 10.2 Å². The summed E-state index contributed by atoms with van der Waals surface area (Å²) in [6.45, 7) is 0. The first-order valence-electron chi connectivity index (χ1n) is 8.32. The van der Waals surface area contributed by atoms with Crippen LogP contribution in [0.25, 0.3) is 0 Å². The summed E-state index contributed by atoms with van der Waals surface area (Å²) in [4.78, 5) is 10.3. The minimum absolute atomic E-state index is 0.0155. The van der Waals surface area contributed by atoms with Gasteiger partial charge in [-0.05, 0) is 43.9 Å². The van der Waals surface area contributed by atoms with E-state index in [1.807, 2.05) is 4.72 Å². The van der Waals surface area contributed by atoms with E-state index < -0.39 is 48.3 Å². The predicted octanol–water partition coefficient (Wildman–Crippen LogP) is 4.16. The molecule has 2 unspecified atom stereocenters. The molecule has 2 atom stereocenters. The van der Waals surface area contributed by atoms with Crippen LogP contribution in [0.15, 0.2) is 23.1 Å². The Balaban J connectivity index is 1.94. The van der Waals surface area contributed by atoms with Crippen molar-refractivity contribution in [2.45, 2.75) is 48.8 Å². The van der Waals surface area contributed by atoms with E-state index >= 15 is 0 Å². The summed E-state index contributed by atoms with van der Waals surface area (Å²) in [5.41, 5.74) is -1.34. The van der Waals surface area contributed by atoms with Gasteiger partial charge in [0.1, 0.15) is 4.90 Å². The van der Waals surface area contributed by atoms with E-state index in [0.717, 1.165) is 19.1 Å². The highest BCUT2D eigenvalue weighted by Gasteiger charge is 2.65. The minimum Gasteiger partial charge on any atom is -0.375 e. The fourth-order valence-corrected chi connectivity index (χ4v) is 4.72. The topological polar surface area (TPSA) is 84.5 Å². The first kappa shape index (κ1) is 21.1. The molecule has 2 bridgehead atoms. The number of benzene rings is 1. The monoisotopic (exact) mass is 450 g/mol. The van der Waals surface area contributed by atoms with Gasteiger partial charge in [-0.2, -0.15) is 0 Å². The molecule has 0 aliphatic carbocycles. The van der Waals surface area contributed by atoms with Gasteiger partial charge in [-0.15, -0.1) is 0 Å². The summed E-state index contributed by atoms with van der Waals surface area (Å²) in [6.07, 6.45) is 3.07. The number of hydrogen-bond acceptors (Lipinski definition) is 4. The van der Waals surface area contributed by atoms with Crippen molar-refractivity contribution in [3.05, 3.63) is 23.8 Å². The molecule has 13 heteroatoms. The number of hydrogen-bond donors (Lipinski definition) is 2. The standard InChI is InChI=1S/C15H19F5N2O4S2/c1-27(24,25)22-14-5-4-12(28(16,17,18,19)20)8-13(14)15(23)21-9-6-10-2-3-11(7-9)26-10/h4-5,8-11,22H,2-3,6-7H2,1H3,(H,21,23). The Morgan fingerprint density at radius 2 is 1.68 bits per heavy atom. The maximum absolute atomic E-state index is 13.1. The van der Waals surface area contributed by atoms with Crippen molar-refractivity contribution >= 4 is 31.8 Å². The van der Waals surface area contributed by atoms with Gasteiger partial charge < -0.3 is 10.1 Å². The van der Waals surface area contributed by atoms with Gasteiger partial charge in [-0.3, -0.25) is 9.52 Å². The predicted molar refractivity (Wildman–Crippen MR) is 94.7 cm³/mol. The fourth-order valence-electron chi connectivity index (χ4n) is 3.48. The number of carbonyl (C=O) groups is 1. The lowest BCUT2D eigenvalue weighted by atomic mass is 10.0. The van der Waals surface area contributed by atoms with Crippen molar-refractivity contribution in [3.8, 4) is 0 Å². The van der Waals surface area contributed by atoms with Crippen LogP contribution in [0.4, 0.5) is 25.1 Å². The summed E-state index contributed by atoms with van der Waals surface area (Å²) < 4.78 is 96.1. The molecule has 1 aromatic rings. The molecule has 0 radical (unpaired) electrons. The Morgan fingerprint density at radius 3 is 2.18 bits per heavy atom. The number of fused-ring (bicyclic) bond motifs is 2. The zero-order valence-electron chi connectivity index (χ0n) is 14.6. The number of rotatable bonds is 5. The Hall–Kier alpha value is -1.60.